The number of fused-ring (bicyclic) bond motifs is 1. The molecular formula is C19H32N8. The smallest absolute Gasteiger partial charge is 0.191 e. The average molecular weight is 373 g/mol. The van der Waals surface area contributed by atoms with Gasteiger partial charge in [-0.25, -0.2) is 4.99 Å². The maximum atomic E-state index is 4.81. The molecule has 0 saturated carbocycles. The number of guanidine groups is 1. The van der Waals surface area contributed by atoms with Crippen molar-refractivity contribution in [1.29, 1.82) is 0 Å². The van der Waals surface area contributed by atoms with E-state index in [2.05, 4.69) is 58.2 Å². The minimum Gasteiger partial charge on any atom is -0.357 e. The van der Waals surface area contributed by atoms with Crippen LogP contribution in [0.3, 0.4) is 0 Å². The third kappa shape index (κ3) is 4.14. The van der Waals surface area contributed by atoms with Crippen LogP contribution in [0, 0.1) is 13.8 Å². The summed E-state index contributed by atoms with van der Waals surface area (Å²) in [4.78, 5) is 4.81. The van der Waals surface area contributed by atoms with Crippen LogP contribution in [-0.4, -0.2) is 43.1 Å². The van der Waals surface area contributed by atoms with Gasteiger partial charge in [0.15, 0.2) is 5.96 Å². The van der Waals surface area contributed by atoms with Gasteiger partial charge in [-0.3, -0.25) is 4.68 Å². The van der Waals surface area contributed by atoms with Gasteiger partial charge in [0.05, 0.1) is 12.2 Å². The van der Waals surface area contributed by atoms with E-state index in [-0.39, 0.29) is 0 Å². The van der Waals surface area contributed by atoms with Crippen molar-refractivity contribution in [2.75, 3.05) is 6.54 Å². The first-order chi connectivity index (χ1) is 12.9. The Kier molecular flexibility index (Phi) is 5.82. The highest BCUT2D eigenvalue weighted by Gasteiger charge is 2.24. The Labute approximate surface area is 161 Å². The van der Waals surface area contributed by atoms with Crippen LogP contribution < -0.4 is 10.6 Å². The summed E-state index contributed by atoms with van der Waals surface area (Å²) in [5.41, 5.74) is 3.41. The van der Waals surface area contributed by atoms with Gasteiger partial charge in [0, 0.05) is 49.8 Å². The summed E-state index contributed by atoms with van der Waals surface area (Å²) >= 11 is 0. The van der Waals surface area contributed by atoms with Gasteiger partial charge in [-0.2, -0.15) is 5.10 Å². The molecule has 3 heterocycles. The molecule has 0 fully saturated rings. The van der Waals surface area contributed by atoms with E-state index in [0.29, 0.717) is 18.5 Å². The highest BCUT2D eigenvalue weighted by atomic mass is 15.3. The fraction of sp³-hybridized carbons (Fsp3) is 0.684. The van der Waals surface area contributed by atoms with E-state index >= 15 is 0 Å². The molecule has 1 aliphatic rings. The molecule has 148 valence electrons. The molecular weight excluding hydrogens is 340 g/mol. The molecule has 2 N–H and O–H groups in total. The average Bonchev–Trinajstić information content (AvgIpc) is 3.14. The second kappa shape index (κ2) is 8.10. The topological polar surface area (TPSA) is 84.9 Å². The van der Waals surface area contributed by atoms with Gasteiger partial charge in [-0.05, 0) is 27.2 Å². The molecule has 3 rings (SSSR count). The first-order valence-corrected chi connectivity index (χ1v) is 9.86. The summed E-state index contributed by atoms with van der Waals surface area (Å²) in [7, 11) is 1.98. The van der Waals surface area contributed by atoms with Crippen molar-refractivity contribution in [3.8, 4) is 0 Å². The van der Waals surface area contributed by atoms with Crippen molar-refractivity contribution in [3.63, 3.8) is 0 Å². The molecule has 0 bridgehead atoms. The number of nitrogens with zero attached hydrogens (tertiary/aromatic N) is 6. The van der Waals surface area contributed by atoms with E-state index in [4.69, 9.17) is 4.99 Å². The minimum absolute atomic E-state index is 0.319. The van der Waals surface area contributed by atoms with Gasteiger partial charge >= 0.3 is 0 Å². The van der Waals surface area contributed by atoms with Gasteiger partial charge in [0.1, 0.15) is 11.6 Å². The second-order valence-electron chi connectivity index (χ2n) is 7.59. The Bertz CT molecular complexity index is 814. The number of rotatable bonds is 5. The van der Waals surface area contributed by atoms with Gasteiger partial charge in [0.2, 0.25) is 0 Å². The molecule has 0 amide bonds. The zero-order chi connectivity index (χ0) is 19.6. The monoisotopic (exact) mass is 372 g/mol. The lowest BCUT2D eigenvalue weighted by Crippen LogP contribution is -2.47. The molecule has 2 aromatic heterocycles. The lowest BCUT2D eigenvalue weighted by molar-refractivity contribution is 0.408. The summed E-state index contributed by atoms with van der Waals surface area (Å²) in [5, 5.41) is 20.2. The second-order valence-corrected chi connectivity index (χ2v) is 7.59. The third-order valence-electron chi connectivity index (χ3n) is 5.23. The van der Waals surface area contributed by atoms with E-state index < -0.39 is 0 Å². The molecule has 0 radical (unpaired) electrons. The maximum absolute atomic E-state index is 4.81. The number of nitrogens with one attached hydrogen (secondary N) is 2. The third-order valence-corrected chi connectivity index (χ3v) is 5.23. The Morgan fingerprint density at radius 1 is 1.30 bits per heavy atom. The quantitative estimate of drug-likeness (QED) is 0.618. The molecule has 1 aliphatic heterocycles. The summed E-state index contributed by atoms with van der Waals surface area (Å²) in [6.07, 6.45) is 1.98. The zero-order valence-corrected chi connectivity index (χ0v) is 17.4. The number of aromatic nitrogens is 5. The van der Waals surface area contributed by atoms with E-state index in [1.807, 2.05) is 18.7 Å². The van der Waals surface area contributed by atoms with Crippen LogP contribution >= 0.6 is 0 Å². The molecule has 0 aliphatic carbocycles. The normalized spacial score (nSPS) is 17.3. The number of aryl methyl sites for hydroxylation is 3. The van der Waals surface area contributed by atoms with Crippen LogP contribution in [0.1, 0.15) is 61.7 Å². The van der Waals surface area contributed by atoms with Crippen LogP contribution in [-0.2, 0) is 26.6 Å². The van der Waals surface area contributed by atoms with Crippen LogP contribution in [0.25, 0.3) is 0 Å². The van der Waals surface area contributed by atoms with Crippen molar-refractivity contribution in [2.45, 2.75) is 72.5 Å². The highest BCUT2D eigenvalue weighted by Crippen LogP contribution is 2.20. The van der Waals surface area contributed by atoms with Crippen molar-refractivity contribution in [3.05, 3.63) is 28.6 Å². The highest BCUT2D eigenvalue weighted by molar-refractivity contribution is 5.80. The van der Waals surface area contributed by atoms with Gasteiger partial charge < -0.3 is 15.2 Å². The van der Waals surface area contributed by atoms with Crippen molar-refractivity contribution in [2.24, 2.45) is 12.0 Å². The first kappa shape index (κ1) is 19.4. The van der Waals surface area contributed by atoms with Gasteiger partial charge in [-0.1, -0.05) is 13.8 Å². The lowest BCUT2D eigenvalue weighted by Gasteiger charge is -2.27. The zero-order valence-electron chi connectivity index (χ0n) is 17.4. The van der Waals surface area contributed by atoms with Crippen molar-refractivity contribution in [1.82, 2.24) is 35.2 Å². The van der Waals surface area contributed by atoms with Crippen LogP contribution in [0.15, 0.2) is 4.99 Å². The Morgan fingerprint density at radius 3 is 2.70 bits per heavy atom. The van der Waals surface area contributed by atoms with Gasteiger partial charge in [-0.15, -0.1) is 10.2 Å². The van der Waals surface area contributed by atoms with Crippen LogP contribution in [0.4, 0.5) is 0 Å². The largest absolute Gasteiger partial charge is 0.357 e. The lowest BCUT2D eigenvalue weighted by atomic mass is 10.1. The summed E-state index contributed by atoms with van der Waals surface area (Å²) in [6.45, 7) is 12.9. The first-order valence-electron chi connectivity index (χ1n) is 9.86. The SMILES string of the molecule is CCNC(=NCc1c(C)nn(C)c1C)NC1CCc2nnc(C(C)C)n2C1. The molecule has 0 spiro atoms. The number of aliphatic imine (C=N–C) groups is 1. The predicted octanol–water partition coefficient (Wildman–Crippen LogP) is 1.82. The van der Waals surface area contributed by atoms with Gasteiger partial charge in [0.25, 0.3) is 0 Å². The van der Waals surface area contributed by atoms with Crippen LogP contribution in [0.5, 0.6) is 0 Å². The number of hydrogen-bond acceptors (Lipinski definition) is 4. The summed E-state index contributed by atoms with van der Waals surface area (Å²) in [6, 6.07) is 0.319. The molecule has 8 nitrogen and oxygen atoms in total. The fourth-order valence-corrected chi connectivity index (χ4v) is 3.61. The molecule has 0 aromatic carbocycles. The molecule has 27 heavy (non-hydrogen) atoms. The minimum atomic E-state index is 0.319. The standard InChI is InChI=1S/C19H32N8/c1-7-20-19(21-10-16-13(4)25-26(6)14(16)5)22-15-8-9-17-23-24-18(12(2)3)27(17)11-15/h12,15H,7-11H2,1-6H3,(H2,20,21,22). The van der Waals surface area contributed by atoms with E-state index in [9.17, 15) is 0 Å². The summed E-state index contributed by atoms with van der Waals surface area (Å²) < 4.78 is 4.19. The molecule has 1 unspecified atom stereocenters. The predicted molar refractivity (Wildman–Crippen MR) is 107 cm³/mol. The van der Waals surface area contributed by atoms with Crippen molar-refractivity contribution >= 4 is 5.96 Å². The van der Waals surface area contributed by atoms with E-state index in [1.54, 1.807) is 0 Å². The number of hydrogen-bond donors (Lipinski definition) is 2. The molecule has 0 saturated heterocycles. The molecule has 1 atom stereocenters. The molecule has 8 heteroatoms. The summed E-state index contributed by atoms with van der Waals surface area (Å²) in [5.74, 6) is 3.40. The fourth-order valence-electron chi connectivity index (χ4n) is 3.61. The molecule has 2 aromatic rings. The Hall–Kier alpha value is -2.38. The Balaban J connectivity index is 1.72. The van der Waals surface area contributed by atoms with E-state index in [0.717, 1.165) is 49.2 Å². The maximum Gasteiger partial charge on any atom is 0.191 e. The Morgan fingerprint density at radius 2 is 2.07 bits per heavy atom. The van der Waals surface area contributed by atoms with Crippen LogP contribution in [0.2, 0.25) is 0 Å². The van der Waals surface area contributed by atoms with Crippen molar-refractivity contribution < 1.29 is 0 Å². The van der Waals surface area contributed by atoms with E-state index in [1.165, 1.54) is 11.3 Å².